The van der Waals surface area contributed by atoms with Crippen LogP contribution in [0.1, 0.15) is 71.6 Å². The molecule has 0 rings (SSSR count). The SMILES string of the molecule is CCCCCCCCCC(O)CC(C)COC. The average molecular weight is 244 g/mol. The van der Waals surface area contributed by atoms with Crippen LogP contribution >= 0.6 is 0 Å². The van der Waals surface area contributed by atoms with Gasteiger partial charge in [-0.2, -0.15) is 0 Å². The minimum absolute atomic E-state index is 0.129. The number of hydrogen-bond donors (Lipinski definition) is 1. The molecule has 2 unspecified atom stereocenters. The van der Waals surface area contributed by atoms with Crippen LogP contribution in [0.2, 0.25) is 0 Å². The fourth-order valence-electron chi connectivity index (χ4n) is 2.27. The number of aliphatic hydroxyl groups is 1. The minimum atomic E-state index is -0.129. The highest BCUT2D eigenvalue weighted by molar-refractivity contribution is 4.61. The zero-order chi connectivity index (χ0) is 12.9. The summed E-state index contributed by atoms with van der Waals surface area (Å²) in [5.41, 5.74) is 0. The third-order valence-electron chi connectivity index (χ3n) is 3.27. The van der Waals surface area contributed by atoms with Gasteiger partial charge in [-0.1, -0.05) is 58.8 Å². The topological polar surface area (TPSA) is 29.5 Å². The lowest BCUT2D eigenvalue weighted by Crippen LogP contribution is -2.14. The number of aliphatic hydroxyl groups excluding tert-OH is 1. The highest BCUT2D eigenvalue weighted by atomic mass is 16.5. The van der Waals surface area contributed by atoms with Crippen molar-refractivity contribution in [2.75, 3.05) is 13.7 Å². The molecule has 2 nitrogen and oxygen atoms in total. The Labute approximate surface area is 108 Å². The quantitative estimate of drug-likeness (QED) is 0.522. The Hall–Kier alpha value is -0.0800. The van der Waals surface area contributed by atoms with E-state index < -0.39 is 0 Å². The second-order valence-corrected chi connectivity index (χ2v) is 5.36. The third-order valence-corrected chi connectivity index (χ3v) is 3.27. The average Bonchev–Trinajstić information content (AvgIpc) is 2.28. The Kier molecular flexibility index (Phi) is 12.3. The predicted octanol–water partition coefficient (Wildman–Crippen LogP) is 4.16. The van der Waals surface area contributed by atoms with E-state index in [9.17, 15) is 5.11 Å². The molecular weight excluding hydrogens is 212 g/mol. The van der Waals surface area contributed by atoms with Crippen molar-refractivity contribution in [3.05, 3.63) is 0 Å². The maximum Gasteiger partial charge on any atom is 0.0543 e. The fraction of sp³-hybridized carbons (Fsp3) is 1.00. The number of rotatable bonds is 12. The van der Waals surface area contributed by atoms with E-state index in [-0.39, 0.29) is 6.10 Å². The Morgan fingerprint density at radius 2 is 1.59 bits per heavy atom. The summed E-state index contributed by atoms with van der Waals surface area (Å²) >= 11 is 0. The van der Waals surface area contributed by atoms with Crippen molar-refractivity contribution in [3.8, 4) is 0 Å². The van der Waals surface area contributed by atoms with Crippen LogP contribution in [0.25, 0.3) is 0 Å². The zero-order valence-electron chi connectivity index (χ0n) is 12.1. The van der Waals surface area contributed by atoms with E-state index in [0.29, 0.717) is 5.92 Å². The second kappa shape index (κ2) is 12.4. The van der Waals surface area contributed by atoms with E-state index in [2.05, 4.69) is 13.8 Å². The molecule has 0 aliphatic heterocycles. The van der Waals surface area contributed by atoms with Crippen LogP contribution in [-0.4, -0.2) is 24.9 Å². The molecule has 0 aromatic rings. The molecule has 104 valence electrons. The van der Waals surface area contributed by atoms with Crippen LogP contribution in [0.5, 0.6) is 0 Å². The fourth-order valence-corrected chi connectivity index (χ4v) is 2.27. The third kappa shape index (κ3) is 12.2. The van der Waals surface area contributed by atoms with Crippen molar-refractivity contribution < 1.29 is 9.84 Å². The monoisotopic (exact) mass is 244 g/mol. The maximum absolute atomic E-state index is 9.83. The first-order chi connectivity index (χ1) is 8.20. The standard InChI is InChI=1S/C15H32O2/c1-4-5-6-7-8-9-10-11-15(16)12-14(2)13-17-3/h14-16H,4-13H2,1-3H3. The molecule has 0 amide bonds. The van der Waals surface area contributed by atoms with Crippen LogP contribution < -0.4 is 0 Å². The van der Waals surface area contributed by atoms with Gasteiger partial charge in [0.15, 0.2) is 0 Å². The van der Waals surface area contributed by atoms with Gasteiger partial charge >= 0.3 is 0 Å². The molecule has 1 N–H and O–H groups in total. The lowest BCUT2D eigenvalue weighted by molar-refractivity contribution is 0.0948. The summed E-state index contributed by atoms with van der Waals surface area (Å²) in [6.07, 6.45) is 10.9. The van der Waals surface area contributed by atoms with Gasteiger partial charge in [-0.25, -0.2) is 0 Å². The van der Waals surface area contributed by atoms with Crippen LogP contribution in [0.3, 0.4) is 0 Å². The summed E-state index contributed by atoms with van der Waals surface area (Å²) < 4.78 is 5.07. The molecule has 0 aliphatic rings. The molecule has 0 saturated carbocycles. The van der Waals surface area contributed by atoms with Gasteiger partial charge in [-0.3, -0.25) is 0 Å². The summed E-state index contributed by atoms with van der Waals surface area (Å²) in [4.78, 5) is 0. The van der Waals surface area contributed by atoms with Gasteiger partial charge in [-0.05, 0) is 18.8 Å². The molecule has 17 heavy (non-hydrogen) atoms. The van der Waals surface area contributed by atoms with Gasteiger partial charge in [0.25, 0.3) is 0 Å². The molecule has 0 radical (unpaired) electrons. The summed E-state index contributed by atoms with van der Waals surface area (Å²) in [7, 11) is 1.72. The first-order valence-corrected chi connectivity index (χ1v) is 7.37. The number of unbranched alkanes of at least 4 members (excludes halogenated alkanes) is 6. The van der Waals surface area contributed by atoms with Crippen molar-refractivity contribution in [1.82, 2.24) is 0 Å². The second-order valence-electron chi connectivity index (χ2n) is 5.36. The maximum atomic E-state index is 9.83. The first kappa shape index (κ1) is 16.9. The van der Waals surface area contributed by atoms with Crippen LogP contribution in [0, 0.1) is 5.92 Å². The Balaban J connectivity index is 3.24. The lowest BCUT2D eigenvalue weighted by Gasteiger charge is -2.15. The molecule has 0 fully saturated rings. The lowest BCUT2D eigenvalue weighted by atomic mass is 9.99. The summed E-state index contributed by atoms with van der Waals surface area (Å²) in [5.74, 6) is 0.472. The van der Waals surface area contributed by atoms with Crippen molar-refractivity contribution in [2.24, 2.45) is 5.92 Å². The Morgan fingerprint density at radius 1 is 1.00 bits per heavy atom. The van der Waals surface area contributed by atoms with Gasteiger partial charge in [0.05, 0.1) is 6.10 Å². The molecule has 0 aromatic heterocycles. The van der Waals surface area contributed by atoms with E-state index in [4.69, 9.17) is 4.74 Å². The smallest absolute Gasteiger partial charge is 0.0543 e. The number of hydrogen-bond acceptors (Lipinski definition) is 2. The number of ether oxygens (including phenoxy) is 1. The van der Waals surface area contributed by atoms with Crippen molar-refractivity contribution in [2.45, 2.75) is 77.7 Å². The zero-order valence-corrected chi connectivity index (χ0v) is 12.1. The van der Waals surface area contributed by atoms with E-state index in [1.807, 2.05) is 0 Å². The molecular formula is C15H32O2. The highest BCUT2D eigenvalue weighted by Gasteiger charge is 2.09. The highest BCUT2D eigenvalue weighted by Crippen LogP contribution is 2.14. The molecule has 0 spiro atoms. The van der Waals surface area contributed by atoms with E-state index in [0.717, 1.165) is 19.4 Å². The van der Waals surface area contributed by atoms with Gasteiger partial charge in [0.1, 0.15) is 0 Å². The molecule has 0 bridgehead atoms. The predicted molar refractivity (Wildman–Crippen MR) is 74.3 cm³/mol. The molecule has 0 aromatic carbocycles. The van der Waals surface area contributed by atoms with E-state index >= 15 is 0 Å². The van der Waals surface area contributed by atoms with Gasteiger partial charge in [0.2, 0.25) is 0 Å². The van der Waals surface area contributed by atoms with E-state index in [1.165, 1.54) is 44.9 Å². The molecule has 0 aliphatic carbocycles. The minimum Gasteiger partial charge on any atom is -0.393 e. The Morgan fingerprint density at radius 3 is 2.18 bits per heavy atom. The van der Waals surface area contributed by atoms with Crippen LogP contribution in [-0.2, 0) is 4.74 Å². The summed E-state index contributed by atoms with van der Waals surface area (Å²) in [6.45, 7) is 5.14. The molecule has 0 heterocycles. The largest absolute Gasteiger partial charge is 0.393 e. The molecule has 2 heteroatoms. The molecule has 0 saturated heterocycles. The van der Waals surface area contributed by atoms with Crippen LogP contribution in [0.4, 0.5) is 0 Å². The van der Waals surface area contributed by atoms with Crippen LogP contribution in [0.15, 0.2) is 0 Å². The van der Waals surface area contributed by atoms with Crippen molar-refractivity contribution in [1.29, 1.82) is 0 Å². The van der Waals surface area contributed by atoms with Crippen molar-refractivity contribution >= 4 is 0 Å². The van der Waals surface area contributed by atoms with Gasteiger partial charge in [0, 0.05) is 13.7 Å². The van der Waals surface area contributed by atoms with Gasteiger partial charge < -0.3 is 9.84 Å². The summed E-state index contributed by atoms with van der Waals surface area (Å²) in [5, 5.41) is 9.83. The van der Waals surface area contributed by atoms with Gasteiger partial charge in [-0.15, -0.1) is 0 Å². The summed E-state index contributed by atoms with van der Waals surface area (Å²) in [6, 6.07) is 0. The first-order valence-electron chi connectivity index (χ1n) is 7.37. The Bertz CT molecular complexity index is 148. The van der Waals surface area contributed by atoms with E-state index in [1.54, 1.807) is 7.11 Å². The number of methoxy groups -OCH3 is 1. The normalized spacial score (nSPS) is 14.8. The molecule has 2 atom stereocenters. The van der Waals surface area contributed by atoms with Crippen molar-refractivity contribution in [3.63, 3.8) is 0 Å².